The Kier molecular flexibility index (Phi) is 5.53. The molecule has 0 unspecified atom stereocenters. The molecular weight excluding hydrogens is 414 g/mol. The number of hydrogen-bond donors (Lipinski definition) is 0. The molecule has 5 rings (SSSR count). The topological polar surface area (TPSA) is 57.5 Å². The van der Waals surface area contributed by atoms with Crippen LogP contribution >= 0.6 is 0 Å². The predicted octanol–water partition coefficient (Wildman–Crippen LogP) is 5.58. The van der Waals surface area contributed by atoms with E-state index in [-0.39, 0.29) is 17.1 Å². The first-order valence-corrected chi connectivity index (χ1v) is 10.9. The maximum Gasteiger partial charge on any atom is 0.197 e. The fourth-order valence-electron chi connectivity index (χ4n) is 4.29. The predicted molar refractivity (Wildman–Crippen MR) is 128 cm³/mol. The number of para-hydroxylation sites is 3. The van der Waals surface area contributed by atoms with Gasteiger partial charge in [0.25, 0.3) is 0 Å². The molecule has 0 aliphatic heterocycles. The number of rotatable bonds is 7. The van der Waals surface area contributed by atoms with Crippen molar-refractivity contribution in [3.05, 3.63) is 101 Å². The van der Waals surface area contributed by atoms with Gasteiger partial charge in [0.1, 0.15) is 0 Å². The number of ether oxygens (including phenoxy) is 2. The highest BCUT2D eigenvalue weighted by Gasteiger charge is 2.32. The number of fused-ring (bicyclic) bond motifs is 2. The molecule has 0 bridgehead atoms. The molecule has 0 amide bonds. The summed E-state index contributed by atoms with van der Waals surface area (Å²) in [5, 5.41) is 1.01. The van der Waals surface area contributed by atoms with Crippen LogP contribution in [0.2, 0.25) is 0 Å². The molecule has 5 heteroatoms. The van der Waals surface area contributed by atoms with Crippen molar-refractivity contribution >= 4 is 28.5 Å². The minimum absolute atomic E-state index is 0.211. The van der Waals surface area contributed by atoms with Gasteiger partial charge in [-0.25, -0.2) is 0 Å². The number of carbonyl (C=O) groups is 2. The maximum absolute atomic E-state index is 12.8. The van der Waals surface area contributed by atoms with Crippen molar-refractivity contribution in [1.82, 2.24) is 4.57 Å². The van der Waals surface area contributed by atoms with Crippen LogP contribution in [0.4, 0.5) is 0 Å². The van der Waals surface area contributed by atoms with Gasteiger partial charge in [0.05, 0.1) is 19.3 Å². The van der Waals surface area contributed by atoms with E-state index < -0.39 is 0 Å². The van der Waals surface area contributed by atoms with Crippen molar-refractivity contribution in [1.29, 1.82) is 0 Å². The van der Waals surface area contributed by atoms with Gasteiger partial charge in [-0.2, -0.15) is 0 Å². The highest BCUT2D eigenvalue weighted by molar-refractivity contribution is 6.41. The minimum atomic E-state index is -0.211. The van der Waals surface area contributed by atoms with E-state index in [9.17, 15) is 9.59 Å². The van der Waals surface area contributed by atoms with Crippen LogP contribution in [0.25, 0.3) is 17.0 Å². The molecule has 0 saturated carbocycles. The van der Waals surface area contributed by atoms with Gasteiger partial charge >= 0.3 is 0 Å². The summed E-state index contributed by atoms with van der Waals surface area (Å²) >= 11 is 0. The van der Waals surface area contributed by atoms with Crippen molar-refractivity contribution in [3.8, 4) is 11.5 Å². The zero-order valence-electron chi connectivity index (χ0n) is 18.3. The first-order chi connectivity index (χ1) is 16.2. The summed E-state index contributed by atoms with van der Waals surface area (Å²) in [7, 11) is 1.63. The third-order valence-corrected chi connectivity index (χ3v) is 5.89. The lowest BCUT2D eigenvalue weighted by molar-refractivity contribution is 0.0990. The Hall–Kier alpha value is -4.12. The van der Waals surface area contributed by atoms with E-state index in [0.717, 1.165) is 35.2 Å². The summed E-state index contributed by atoms with van der Waals surface area (Å²) in [6.45, 7) is 1.27. The Balaban J connectivity index is 1.37. The molecule has 0 N–H and O–H groups in total. The number of nitrogens with zero attached hydrogens (tertiary/aromatic N) is 1. The van der Waals surface area contributed by atoms with Crippen LogP contribution in [0, 0.1) is 0 Å². The first kappa shape index (κ1) is 20.8. The summed E-state index contributed by atoms with van der Waals surface area (Å²) in [4.78, 5) is 25.7. The average molecular weight is 437 g/mol. The van der Waals surface area contributed by atoms with Crippen LogP contribution < -0.4 is 9.47 Å². The summed E-state index contributed by atoms with van der Waals surface area (Å²) < 4.78 is 13.4. The number of benzene rings is 3. The molecule has 3 aromatic carbocycles. The molecule has 0 fully saturated rings. The highest BCUT2D eigenvalue weighted by Crippen LogP contribution is 2.31. The quantitative estimate of drug-likeness (QED) is 0.215. The van der Waals surface area contributed by atoms with Gasteiger partial charge < -0.3 is 14.0 Å². The van der Waals surface area contributed by atoms with Crippen molar-refractivity contribution in [3.63, 3.8) is 0 Å². The second kappa shape index (κ2) is 8.79. The standard InChI is InChI=1S/C28H23NO4/c1-32-25-13-6-7-14-26(25)33-16-8-15-29-18-19(20-9-4-5-12-24(20)29)17-23-27(30)21-10-2-3-11-22(21)28(23)31/h2-7,9-14,17-18H,8,15-16H2,1H3. The van der Waals surface area contributed by atoms with E-state index in [1.807, 2.05) is 54.7 Å². The molecule has 5 nitrogen and oxygen atoms in total. The molecule has 1 aromatic heterocycles. The lowest BCUT2D eigenvalue weighted by Gasteiger charge is -2.11. The Morgan fingerprint density at radius 1 is 0.818 bits per heavy atom. The third kappa shape index (κ3) is 3.82. The molecule has 1 aliphatic carbocycles. The van der Waals surface area contributed by atoms with Crippen LogP contribution in [0.1, 0.15) is 32.7 Å². The Bertz CT molecular complexity index is 1360. The summed E-state index contributed by atoms with van der Waals surface area (Å²) in [6, 6.07) is 22.6. The second-order valence-corrected chi connectivity index (χ2v) is 7.91. The number of ketones is 2. The number of hydrogen-bond acceptors (Lipinski definition) is 4. The van der Waals surface area contributed by atoms with Gasteiger partial charge in [0, 0.05) is 40.3 Å². The van der Waals surface area contributed by atoms with Crippen molar-refractivity contribution in [2.75, 3.05) is 13.7 Å². The van der Waals surface area contributed by atoms with Gasteiger partial charge in [-0.1, -0.05) is 54.6 Å². The summed E-state index contributed by atoms with van der Waals surface area (Å²) in [5.41, 5.74) is 3.09. The van der Waals surface area contributed by atoms with Gasteiger partial charge in [-0.15, -0.1) is 0 Å². The monoisotopic (exact) mass is 437 g/mol. The molecule has 0 saturated heterocycles. The molecular formula is C28H23NO4. The molecule has 164 valence electrons. The number of methoxy groups -OCH3 is 1. The first-order valence-electron chi connectivity index (χ1n) is 10.9. The number of aromatic nitrogens is 1. The summed E-state index contributed by atoms with van der Waals surface area (Å²) in [5.74, 6) is 1.01. The van der Waals surface area contributed by atoms with Crippen LogP contribution in [0.3, 0.4) is 0 Å². The van der Waals surface area contributed by atoms with Crippen LogP contribution in [0.15, 0.2) is 84.6 Å². The number of aryl methyl sites for hydroxylation is 1. The fraction of sp³-hybridized carbons (Fsp3) is 0.143. The average Bonchev–Trinajstić information content (AvgIpc) is 3.33. The molecule has 4 aromatic rings. The number of allylic oxidation sites excluding steroid dienone is 1. The normalized spacial score (nSPS) is 12.8. The second-order valence-electron chi connectivity index (χ2n) is 7.91. The molecule has 0 spiro atoms. The van der Waals surface area contributed by atoms with Crippen LogP contribution in [0.5, 0.6) is 11.5 Å². The molecule has 33 heavy (non-hydrogen) atoms. The largest absolute Gasteiger partial charge is 0.493 e. The van der Waals surface area contributed by atoms with E-state index in [0.29, 0.717) is 23.5 Å². The van der Waals surface area contributed by atoms with Crippen LogP contribution in [-0.2, 0) is 6.54 Å². The molecule has 1 heterocycles. The van der Waals surface area contributed by atoms with Crippen LogP contribution in [-0.4, -0.2) is 29.9 Å². The maximum atomic E-state index is 12.8. The summed E-state index contributed by atoms with van der Waals surface area (Å²) in [6.07, 6.45) is 4.52. The Morgan fingerprint density at radius 2 is 1.45 bits per heavy atom. The molecule has 0 atom stereocenters. The van der Waals surface area contributed by atoms with Gasteiger partial charge in [0.2, 0.25) is 0 Å². The van der Waals surface area contributed by atoms with E-state index >= 15 is 0 Å². The van der Waals surface area contributed by atoms with Crippen molar-refractivity contribution < 1.29 is 19.1 Å². The van der Waals surface area contributed by atoms with Gasteiger partial charge in [0.15, 0.2) is 23.1 Å². The van der Waals surface area contributed by atoms with E-state index in [2.05, 4.69) is 4.57 Å². The van der Waals surface area contributed by atoms with Crippen molar-refractivity contribution in [2.45, 2.75) is 13.0 Å². The van der Waals surface area contributed by atoms with E-state index in [1.165, 1.54) is 0 Å². The lowest BCUT2D eigenvalue weighted by Crippen LogP contribution is -2.04. The van der Waals surface area contributed by atoms with Gasteiger partial charge in [-0.05, 0) is 30.7 Å². The zero-order chi connectivity index (χ0) is 22.8. The fourth-order valence-corrected chi connectivity index (χ4v) is 4.29. The number of carbonyl (C=O) groups excluding carboxylic acids is 2. The number of Topliss-reactive ketones (excluding diaryl/α,β-unsaturated/α-hetero) is 2. The highest BCUT2D eigenvalue weighted by atomic mass is 16.5. The van der Waals surface area contributed by atoms with Gasteiger partial charge in [-0.3, -0.25) is 9.59 Å². The smallest absolute Gasteiger partial charge is 0.197 e. The third-order valence-electron chi connectivity index (χ3n) is 5.89. The molecule has 1 aliphatic rings. The van der Waals surface area contributed by atoms with E-state index in [4.69, 9.17) is 9.47 Å². The lowest BCUT2D eigenvalue weighted by atomic mass is 10.1. The SMILES string of the molecule is COc1ccccc1OCCCn1cc(C=C2C(=O)c3ccccc3C2=O)c2ccccc21. The minimum Gasteiger partial charge on any atom is -0.493 e. The van der Waals surface area contributed by atoms with E-state index in [1.54, 1.807) is 37.5 Å². The Morgan fingerprint density at radius 3 is 2.18 bits per heavy atom. The molecule has 0 radical (unpaired) electrons. The Labute approximate surface area is 191 Å². The van der Waals surface area contributed by atoms with Crippen molar-refractivity contribution in [2.24, 2.45) is 0 Å². The zero-order valence-corrected chi connectivity index (χ0v) is 18.3.